The fourth-order valence-electron chi connectivity index (χ4n) is 3.15. The number of hydrogen-bond donors (Lipinski definition) is 1. The van der Waals surface area contributed by atoms with Crippen molar-refractivity contribution in [2.24, 2.45) is 5.92 Å². The number of ether oxygens (including phenoxy) is 2. The number of cyclic esters (lactones) is 1. The topological polar surface area (TPSA) is 102 Å². The van der Waals surface area contributed by atoms with Crippen LogP contribution in [0.15, 0.2) is 29.5 Å². The van der Waals surface area contributed by atoms with Gasteiger partial charge in [0, 0.05) is 12.1 Å². The summed E-state index contributed by atoms with van der Waals surface area (Å²) in [6, 6.07) is 3.68. The van der Waals surface area contributed by atoms with E-state index in [9.17, 15) is 23.6 Å². The molecule has 1 unspecified atom stereocenters. The monoisotopic (exact) mass is 410 g/mol. The fraction of sp³-hybridized carbons (Fsp3) is 0.333. The van der Waals surface area contributed by atoms with Crippen LogP contribution >= 0.6 is 11.6 Å². The van der Waals surface area contributed by atoms with Gasteiger partial charge in [-0.25, -0.2) is 14.0 Å². The van der Waals surface area contributed by atoms with Gasteiger partial charge >= 0.3 is 11.9 Å². The zero-order valence-electron chi connectivity index (χ0n) is 14.8. The van der Waals surface area contributed by atoms with Crippen molar-refractivity contribution in [1.29, 1.82) is 0 Å². The van der Waals surface area contributed by atoms with Crippen LogP contribution in [-0.4, -0.2) is 48.9 Å². The van der Waals surface area contributed by atoms with E-state index in [2.05, 4.69) is 5.32 Å². The second-order valence-corrected chi connectivity index (χ2v) is 6.63. The van der Waals surface area contributed by atoms with E-state index in [1.54, 1.807) is 0 Å². The first-order valence-corrected chi connectivity index (χ1v) is 8.74. The van der Waals surface area contributed by atoms with E-state index >= 15 is 0 Å². The lowest BCUT2D eigenvalue weighted by Crippen LogP contribution is -2.49. The van der Waals surface area contributed by atoms with E-state index in [4.69, 9.17) is 21.1 Å². The van der Waals surface area contributed by atoms with Crippen molar-refractivity contribution < 1.29 is 33.0 Å². The molecule has 1 fully saturated rings. The Morgan fingerprint density at radius 2 is 2.14 bits per heavy atom. The average molecular weight is 411 g/mol. The molecule has 1 atom stereocenters. The molecule has 1 saturated heterocycles. The molecule has 2 aliphatic rings. The molecule has 28 heavy (non-hydrogen) atoms. The second kappa shape index (κ2) is 7.97. The van der Waals surface area contributed by atoms with Crippen molar-refractivity contribution in [2.45, 2.75) is 12.8 Å². The highest BCUT2D eigenvalue weighted by molar-refractivity contribution is 6.31. The summed E-state index contributed by atoms with van der Waals surface area (Å²) in [5, 5.41) is 2.38. The van der Waals surface area contributed by atoms with Crippen LogP contribution in [0, 0.1) is 11.7 Å². The number of anilines is 1. The van der Waals surface area contributed by atoms with E-state index in [1.165, 1.54) is 12.1 Å². The molecule has 1 N–H and O–H groups in total. The molecule has 0 radical (unpaired) electrons. The maximum atomic E-state index is 13.2. The van der Waals surface area contributed by atoms with E-state index in [0.717, 1.165) is 18.1 Å². The summed E-state index contributed by atoms with van der Waals surface area (Å²) in [7, 11) is 1.16. The van der Waals surface area contributed by atoms with Gasteiger partial charge < -0.3 is 19.7 Å². The molecule has 1 aromatic rings. The molecule has 10 heteroatoms. The Morgan fingerprint density at radius 3 is 2.82 bits per heavy atom. The Labute approximate surface area is 164 Å². The summed E-state index contributed by atoms with van der Waals surface area (Å²) < 4.78 is 22.8. The van der Waals surface area contributed by atoms with Crippen LogP contribution in [-0.2, 0) is 28.7 Å². The molecule has 0 saturated carbocycles. The molecule has 1 aromatic carbocycles. The number of hydrogen-bond acceptors (Lipinski definition) is 6. The van der Waals surface area contributed by atoms with Crippen LogP contribution in [0.5, 0.6) is 0 Å². The van der Waals surface area contributed by atoms with Gasteiger partial charge in [-0.15, -0.1) is 0 Å². The van der Waals surface area contributed by atoms with Gasteiger partial charge in [-0.2, -0.15) is 0 Å². The molecule has 2 amide bonds. The predicted molar refractivity (Wildman–Crippen MR) is 94.5 cm³/mol. The second-order valence-electron chi connectivity index (χ2n) is 6.23. The number of esters is 2. The zero-order valence-corrected chi connectivity index (χ0v) is 15.5. The van der Waals surface area contributed by atoms with Crippen molar-refractivity contribution in [1.82, 2.24) is 4.90 Å². The minimum Gasteiger partial charge on any atom is -0.466 e. The van der Waals surface area contributed by atoms with Crippen LogP contribution in [0.2, 0.25) is 5.02 Å². The standard InChI is InChI=1S/C18H16ClFN2O6/c1-27-17(25)11-6-9(16(24)22-4-5-28-18(26)15(11)22)7-14(23)21-10-2-3-13(20)12(19)8-10/h2-3,8-9H,4-7H2,1H3,(H,21,23). The Hall–Kier alpha value is -2.94. The smallest absolute Gasteiger partial charge is 0.355 e. The first-order valence-electron chi connectivity index (χ1n) is 8.36. The van der Waals surface area contributed by atoms with Crippen molar-refractivity contribution >= 4 is 41.0 Å². The van der Waals surface area contributed by atoms with E-state index < -0.39 is 35.5 Å². The van der Waals surface area contributed by atoms with E-state index in [1.807, 2.05) is 0 Å². The highest BCUT2D eigenvalue weighted by Crippen LogP contribution is 2.33. The number of nitrogens with one attached hydrogen (secondary N) is 1. The highest BCUT2D eigenvalue weighted by atomic mass is 35.5. The Bertz CT molecular complexity index is 900. The number of amides is 2. The average Bonchev–Trinajstić information content (AvgIpc) is 2.66. The number of carbonyl (C=O) groups is 4. The number of halogens is 2. The number of benzene rings is 1. The Morgan fingerprint density at radius 1 is 1.39 bits per heavy atom. The van der Waals surface area contributed by atoms with Gasteiger partial charge in [0.1, 0.15) is 18.1 Å². The van der Waals surface area contributed by atoms with Crippen LogP contribution in [0.25, 0.3) is 0 Å². The summed E-state index contributed by atoms with van der Waals surface area (Å²) in [6.45, 7) is 0.0849. The normalized spacial score (nSPS) is 19.1. The van der Waals surface area contributed by atoms with Crippen molar-refractivity contribution in [2.75, 3.05) is 25.6 Å². The van der Waals surface area contributed by atoms with Gasteiger partial charge in [0.2, 0.25) is 11.8 Å². The number of carbonyl (C=O) groups excluding carboxylic acids is 4. The molecule has 0 spiro atoms. The Balaban J connectivity index is 1.79. The molecule has 0 bridgehead atoms. The molecule has 2 aliphatic heterocycles. The summed E-state index contributed by atoms with van der Waals surface area (Å²) in [5.74, 6) is -4.00. The number of fused-ring (bicyclic) bond motifs is 1. The minimum absolute atomic E-state index is 0.00444. The number of morpholine rings is 1. The van der Waals surface area contributed by atoms with Gasteiger partial charge in [0.25, 0.3) is 0 Å². The van der Waals surface area contributed by atoms with Gasteiger partial charge in [-0.1, -0.05) is 11.6 Å². The quantitative estimate of drug-likeness (QED) is 0.757. The third-order valence-corrected chi connectivity index (χ3v) is 4.72. The van der Waals surface area contributed by atoms with Crippen LogP contribution in [0.1, 0.15) is 12.8 Å². The SMILES string of the molecule is COC(=O)C1=C2C(=O)OCCN2C(=O)C(CC(=O)Nc2ccc(F)c(Cl)c2)C1. The summed E-state index contributed by atoms with van der Waals surface area (Å²) in [6.07, 6.45) is -0.378. The fourth-order valence-corrected chi connectivity index (χ4v) is 3.33. The van der Waals surface area contributed by atoms with E-state index in [0.29, 0.717) is 0 Å². The summed E-state index contributed by atoms with van der Waals surface area (Å²) >= 11 is 5.68. The van der Waals surface area contributed by atoms with Crippen molar-refractivity contribution in [3.05, 3.63) is 40.3 Å². The van der Waals surface area contributed by atoms with Crippen LogP contribution in [0.3, 0.4) is 0 Å². The van der Waals surface area contributed by atoms with Gasteiger partial charge in [0.15, 0.2) is 0 Å². The molecule has 2 heterocycles. The molecular weight excluding hydrogens is 395 g/mol. The maximum absolute atomic E-state index is 13.2. The third kappa shape index (κ3) is 3.84. The molecule has 3 rings (SSSR count). The molecule has 148 valence electrons. The largest absolute Gasteiger partial charge is 0.466 e. The lowest BCUT2D eigenvalue weighted by molar-refractivity contribution is -0.155. The van der Waals surface area contributed by atoms with E-state index in [-0.39, 0.29) is 48.0 Å². The van der Waals surface area contributed by atoms with Crippen LogP contribution < -0.4 is 5.32 Å². The van der Waals surface area contributed by atoms with Crippen LogP contribution in [0.4, 0.5) is 10.1 Å². The number of rotatable bonds is 4. The van der Waals surface area contributed by atoms with Crippen molar-refractivity contribution in [3.63, 3.8) is 0 Å². The first kappa shape index (κ1) is 19.8. The summed E-state index contributed by atoms with van der Waals surface area (Å²) in [5.41, 5.74) is 0.130. The van der Waals surface area contributed by atoms with Gasteiger partial charge in [0.05, 0.1) is 30.2 Å². The maximum Gasteiger partial charge on any atom is 0.355 e. The lowest BCUT2D eigenvalue weighted by Gasteiger charge is -2.36. The zero-order chi connectivity index (χ0) is 20.4. The molecule has 0 aliphatic carbocycles. The Kier molecular flexibility index (Phi) is 5.64. The third-order valence-electron chi connectivity index (χ3n) is 4.43. The van der Waals surface area contributed by atoms with Gasteiger partial charge in [-0.05, 0) is 24.6 Å². The predicted octanol–water partition coefficient (Wildman–Crippen LogP) is 1.64. The minimum atomic E-state index is -0.861. The van der Waals surface area contributed by atoms with Crippen molar-refractivity contribution in [3.8, 4) is 0 Å². The van der Waals surface area contributed by atoms with Gasteiger partial charge in [-0.3, -0.25) is 9.59 Å². The molecule has 8 nitrogen and oxygen atoms in total. The molecule has 0 aromatic heterocycles. The highest BCUT2D eigenvalue weighted by Gasteiger charge is 2.43. The first-order chi connectivity index (χ1) is 13.3. The summed E-state index contributed by atoms with van der Waals surface area (Å²) in [4.78, 5) is 50.4. The number of methoxy groups -OCH3 is 1. The lowest BCUT2D eigenvalue weighted by atomic mass is 9.88. The number of nitrogens with zero attached hydrogens (tertiary/aromatic N) is 1. The molecular formula is C18H16ClFN2O6.